The zero-order chi connectivity index (χ0) is 17.1. The van der Waals surface area contributed by atoms with Crippen LogP contribution in [0, 0.1) is 13.8 Å². The fraction of sp³-hybridized carbons (Fsp3) is 0.188. The second kappa shape index (κ2) is 7.02. The van der Waals surface area contributed by atoms with Gasteiger partial charge in [-0.25, -0.2) is 9.67 Å². The van der Waals surface area contributed by atoms with E-state index in [1.54, 1.807) is 36.5 Å². The summed E-state index contributed by atoms with van der Waals surface area (Å²) in [5.74, 6) is 0.369. The zero-order valence-electron chi connectivity index (χ0n) is 13.1. The first kappa shape index (κ1) is 16.5. The van der Waals surface area contributed by atoms with Crippen molar-refractivity contribution in [2.45, 2.75) is 20.6 Å². The first-order valence-electron chi connectivity index (χ1n) is 7.18. The van der Waals surface area contributed by atoms with Gasteiger partial charge in [-0.15, -0.1) is 11.3 Å². The van der Waals surface area contributed by atoms with Gasteiger partial charge >= 0.3 is 0 Å². The molecule has 0 aliphatic heterocycles. The predicted molar refractivity (Wildman–Crippen MR) is 93.8 cm³/mol. The summed E-state index contributed by atoms with van der Waals surface area (Å²) in [6.07, 6.45) is 1.55. The molecular formula is C16H15ClN4O2S. The summed E-state index contributed by atoms with van der Waals surface area (Å²) in [7, 11) is 0. The molecule has 3 rings (SSSR count). The molecule has 2 aromatic heterocycles. The van der Waals surface area contributed by atoms with Gasteiger partial charge in [-0.05, 0) is 44.2 Å². The van der Waals surface area contributed by atoms with E-state index in [1.165, 1.54) is 16.0 Å². The number of hydrogen-bond acceptors (Lipinski definition) is 5. The van der Waals surface area contributed by atoms with Crippen molar-refractivity contribution in [1.29, 1.82) is 0 Å². The van der Waals surface area contributed by atoms with Crippen molar-refractivity contribution >= 4 is 34.0 Å². The average molecular weight is 363 g/mol. The SMILES string of the molecule is Cc1nc(NC(=O)c2ccnn2COc2ccc(Cl)cc2)sc1C. The molecular weight excluding hydrogens is 348 g/mol. The van der Waals surface area contributed by atoms with Crippen LogP contribution in [-0.2, 0) is 6.73 Å². The molecule has 0 spiro atoms. The summed E-state index contributed by atoms with van der Waals surface area (Å²) in [5, 5.41) is 8.11. The Bertz CT molecular complexity index is 838. The van der Waals surface area contributed by atoms with Crippen molar-refractivity contribution in [1.82, 2.24) is 14.8 Å². The lowest BCUT2D eigenvalue weighted by Gasteiger charge is -2.09. The van der Waals surface area contributed by atoms with Crippen molar-refractivity contribution in [3.8, 4) is 5.75 Å². The largest absolute Gasteiger partial charge is 0.471 e. The highest BCUT2D eigenvalue weighted by Crippen LogP contribution is 2.22. The Morgan fingerprint density at radius 1 is 1.29 bits per heavy atom. The minimum atomic E-state index is -0.277. The van der Waals surface area contributed by atoms with Crippen LogP contribution in [-0.4, -0.2) is 20.7 Å². The molecule has 8 heteroatoms. The number of aromatic nitrogens is 3. The second-order valence-electron chi connectivity index (χ2n) is 5.06. The number of amides is 1. The van der Waals surface area contributed by atoms with Crippen LogP contribution in [0.2, 0.25) is 5.02 Å². The van der Waals surface area contributed by atoms with Gasteiger partial charge in [-0.3, -0.25) is 10.1 Å². The van der Waals surface area contributed by atoms with Gasteiger partial charge in [0.15, 0.2) is 11.9 Å². The highest BCUT2D eigenvalue weighted by molar-refractivity contribution is 7.15. The summed E-state index contributed by atoms with van der Waals surface area (Å²) in [6, 6.07) is 8.62. The number of carbonyl (C=O) groups excluding carboxylic acids is 1. The highest BCUT2D eigenvalue weighted by Gasteiger charge is 2.15. The van der Waals surface area contributed by atoms with Gasteiger partial charge < -0.3 is 4.74 Å². The fourth-order valence-corrected chi connectivity index (χ4v) is 2.92. The van der Waals surface area contributed by atoms with Crippen LogP contribution in [0.15, 0.2) is 36.5 Å². The fourth-order valence-electron chi connectivity index (χ4n) is 1.98. The van der Waals surface area contributed by atoms with E-state index in [0.717, 1.165) is 10.6 Å². The monoisotopic (exact) mass is 362 g/mol. The van der Waals surface area contributed by atoms with E-state index in [9.17, 15) is 4.79 Å². The molecule has 124 valence electrons. The molecule has 0 radical (unpaired) electrons. The van der Waals surface area contributed by atoms with E-state index < -0.39 is 0 Å². The van der Waals surface area contributed by atoms with Crippen LogP contribution >= 0.6 is 22.9 Å². The lowest BCUT2D eigenvalue weighted by Crippen LogP contribution is -2.19. The van der Waals surface area contributed by atoms with Crippen molar-refractivity contribution in [3.63, 3.8) is 0 Å². The van der Waals surface area contributed by atoms with Gasteiger partial charge in [0.1, 0.15) is 11.4 Å². The van der Waals surface area contributed by atoms with Gasteiger partial charge in [0.2, 0.25) is 0 Å². The Hall–Kier alpha value is -2.38. The smallest absolute Gasteiger partial charge is 0.275 e. The molecule has 0 aliphatic carbocycles. The van der Waals surface area contributed by atoms with Crippen LogP contribution in [0.4, 0.5) is 5.13 Å². The van der Waals surface area contributed by atoms with Crippen LogP contribution in [0.5, 0.6) is 5.75 Å². The van der Waals surface area contributed by atoms with Gasteiger partial charge in [0.05, 0.1) is 5.69 Å². The molecule has 24 heavy (non-hydrogen) atoms. The number of rotatable bonds is 5. The topological polar surface area (TPSA) is 69.0 Å². The summed E-state index contributed by atoms with van der Waals surface area (Å²) in [5.41, 5.74) is 1.31. The number of hydrogen-bond donors (Lipinski definition) is 1. The first-order chi connectivity index (χ1) is 11.5. The van der Waals surface area contributed by atoms with Crippen molar-refractivity contribution in [3.05, 3.63) is 57.8 Å². The third kappa shape index (κ3) is 3.74. The van der Waals surface area contributed by atoms with E-state index in [-0.39, 0.29) is 12.6 Å². The number of thiazole rings is 1. The van der Waals surface area contributed by atoms with E-state index in [0.29, 0.717) is 21.6 Å². The molecule has 0 bridgehead atoms. The molecule has 2 heterocycles. The second-order valence-corrected chi connectivity index (χ2v) is 6.70. The Morgan fingerprint density at radius 3 is 2.71 bits per heavy atom. The Morgan fingerprint density at radius 2 is 2.04 bits per heavy atom. The maximum atomic E-state index is 12.4. The molecule has 1 aromatic carbocycles. The summed E-state index contributed by atoms with van der Waals surface area (Å²) in [6.45, 7) is 3.99. The molecule has 0 unspecified atom stereocenters. The highest BCUT2D eigenvalue weighted by atomic mass is 35.5. The Kier molecular flexibility index (Phi) is 4.82. The summed E-state index contributed by atoms with van der Waals surface area (Å²) < 4.78 is 7.10. The molecule has 0 saturated heterocycles. The zero-order valence-corrected chi connectivity index (χ0v) is 14.7. The minimum absolute atomic E-state index is 0.118. The Balaban J connectivity index is 1.67. The minimum Gasteiger partial charge on any atom is -0.471 e. The van der Waals surface area contributed by atoms with Crippen LogP contribution < -0.4 is 10.1 Å². The lowest BCUT2D eigenvalue weighted by atomic mass is 10.3. The molecule has 3 aromatic rings. The molecule has 0 saturated carbocycles. The molecule has 1 N–H and O–H groups in total. The first-order valence-corrected chi connectivity index (χ1v) is 8.38. The van der Waals surface area contributed by atoms with E-state index in [1.807, 2.05) is 13.8 Å². The van der Waals surface area contributed by atoms with Crippen molar-refractivity contribution < 1.29 is 9.53 Å². The van der Waals surface area contributed by atoms with E-state index in [4.69, 9.17) is 16.3 Å². The van der Waals surface area contributed by atoms with Crippen LogP contribution in [0.1, 0.15) is 21.1 Å². The molecule has 0 atom stereocenters. The average Bonchev–Trinajstić information content (AvgIpc) is 3.14. The maximum Gasteiger partial charge on any atom is 0.275 e. The third-order valence-corrected chi connectivity index (χ3v) is 4.61. The number of nitrogens with zero attached hydrogens (tertiary/aromatic N) is 3. The van der Waals surface area contributed by atoms with Crippen LogP contribution in [0.25, 0.3) is 0 Å². The van der Waals surface area contributed by atoms with Crippen molar-refractivity contribution in [2.75, 3.05) is 5.32 Å². The van der Waals surface area contributed by atoms with Crippen molar-refractivity contribution in [2.24, 2.45) is 0 Å². The standard InChI is InChI=1S/C16H15ClN4O2S/c1-10-11(2)24-16(19-10)20-15(22)14-7-8-18-21(14)9-23-13-5-3-12(17)4-6-13/h3-8H,9H2,1-2H3,(H,19,20,22). The van der Waals surface area contributed by atoms with Gasteiger partial charge in [0, 0.05) is 16.1 Å². The lowest BCUT2D eigenvalue weighted by molar-refractivity contribution is 0.100. The van der Waals surface area contributed by atoms with E-state index in [2.05, 4.69) is 15.4 Å². The molecule has 6 nitrogen and oxygen atoms in total. The summed E-state index contributed by atoms with van der Waals surface area (Å²) >= 11 is 7.28. The molecule has 0 fully saturated rings. The number of nitrogens with one attached hydrogen (secondary N) is 1. The number of anilines is 1. The molecule has 0 aliphatic rings. The number of halogens is 1. The predicted octanol–water partition coefficient (Wildman–Crippen LogP) is 3.90. The van der Waals surface area contributed by atoms with E-state index >= 15 is 0 Å². The molecule has 1 amide bonds. The number of aryl methyl sites for hydroxylation is 2. The van der Waals surface area contributed by atoms with Gasteiger partial charge in [-0.1, -0.05) is 11.6 Å². The van der Waals surface area contributed by atoms with Gasteiger partial charge in [0.25, 0.3) is 5.91 Å². The quantitative estimate of drug-likeness (QED) is 0.747. The number of benzene rings is 1. The van der Waals surface area contributed by atoms with Gasteiger partial charge in [-0.2, -0.15) is 5.10 Å². The number of carbonyl (C=O) groups is 1. The normalized spacial score (nSPS) is 10.6. The summed E-state index contributed by atoms with van der Waals surface area (Å²) in [4.78, 5) is 17.8. The van der Waals surface area contributed by atoms with Crippen LogP contribution in [0.3, 0.4) is 0 Å². The third-order valence-electron chi connectivity index (χ3n) is 3.37. The Labute approximate surface area is 148 Å². The number of ether oxygens (including phenoxy) is 1. The maximum absolute atomic E-state index is 12.4.